The van der Waals surface area contributed by atoms with E-state index in [1.165, 1.54) is 12.0 Å². The molecule has 5 heteroatoms. The zero-order chi connectivity index (χ0) is 14.9. The first-order valence-corrected chi connectivity index (χ1v) is 7.67. The van der Waals surface area contributed by atoms with E-state index in [9.17, 15) is 4.79 Å². The second-order valence-corrected chi connectivity index (χ2v) is 5.26. The third-order valence-electron chi connectivity index (χ3n) is 3.57. The van der Waals surface area contributed by atoms with Gasteiger partial charge in [0.25, 0.3) is 0 Å². The lowest BCUT2D eigenvalue weighted by Gasteiger charge is -2.17. The van der Waals surface area contributed by atoms with E-state index in [-0.39, 0.29) is 5.97 Å². The Bertz CT molecular complexity index is 463. The molecule has 21 heavy (non-hydrogen) atoms. The molecule has 1 aliphatic rings. The molecule has 0 aromatic carbocycles. The average molecular weight is 292 g/mol. The third-order valence-corrected chi connectivity index (χ3v) is 3.57. The van der Waals surface area contributed by atoms with Gasteiger partial charge in [0.05, 0.1) is 6.61 Å². The summed E-state index contributed by atoms with van der Waals surface area (Å²) in [4.78, 5) is 16.1. The molecule has 1 aromatic heterocycles. The SMILES string of the molecule is COCCOC(=O)CCCCc1ccc2c(n1)NCCC2. The lowest BCUT2D eigenvalue weighted by molar-refractivity contribution is -0.145. The van der Waals surface area contributed by atoms with Crippen LogP contribution in [0.4, 0.5) is 5.82 Å². The molecule has 2 rings (SSSR count). The number of ether oxygens (including phenoxy) is 2. The number of hydrogen-bond donors (Lipinski definition) is 1. The minimum absolute atomic E-state index is 0.146. The van der Waals surface area contributed by atoms with E-state index >= 15 is 0 Å². The normalized spacial score (nSPS) is 13.4. The second-order valence-electron chi connectivity index (χ2n) is 5.26. The van der Waals surface area contributed by atoms with E-state index in [1.54, 1.807) is 7.11 Å². The van der Waals surface area contributed by atoms with Crippen LogP contribution in [0.25, 0.3) is 0 Å². The van der Waals surface area contributed by atoms with Crippen molar-refractivity contribution in [1.82, 2.24) is 4.98 Å². The number of hydrogen-bond acceptors (Lipinski definition) is 5. The summed E-state index contributed by atoms with van der Waals surface area (Å²) in [6.45, 7) is 1.81. The van der Waals surface area contributed by atoms with E-state index in [0.29, 0.717) is 19.6 Å². The van der Waals surface area contributed by atoms with Gasteiger partial charge in [0.1, 0.15) is 12.4 Å². The topological polar surface area (TPSA) is 60.5 Å². The van der Waals surface area contributed by atoms with Gasteiger partial charge in [-0.05, 0) is 43.7 Å². The first-order chi connectivity index (χ1) is 10.3. The highest BCUT2D eigenvalue weighted by molar-refractivity contribution is 5.69. The fraction of sp³-hybridized carbons (Fsp3) is 0.625. The van der Waals surface area contributed by atoms with E-state index < -0.39 is 0 Å². The largest absolute Gasteiger partial charge is 0.463 e. The van der Waals surface area contributed by atoms with Crippen molar-refractivity contribution >= 4 is 11.8 Å². The Balaban J connectivity index is 1.65. The van der Waals surface area contributed by atoms with Crippen LogP contribution in [0.5, 0.6) is 0 Å². The van der Waals surface area contributed by atoms with Crippen molar-refractivity contribution in [2.75, 3.05) is 32.2 Å². The Hall–Kier alpha value is -1.62. The predicted molar refractivity (Wildman–Crippen MR) is 81.4 cm³/mol. The minimum atomic E-state index is -0.146. The zero-order valence-corrected chi connectivity index (χ0v) is 12.7. The first kappa shape index (κ1) is 15.8. The lowest BCUT2D eigenvalue weighted by Crippen LogP contribution is -2.14. The molecule has 0 unspecified atom stereocenters. The van der Waals surface area contributed by atoms with Crippen molar-refractivity contribution in [3.05, 3.63) is 23.4 Å². The van der Waals surface area contributed by atoms with Gasteiger partial charge in [0.15, 0.2) is 0 Å². The average Bonchev–Trinajstić information content (AvgIpc) is 2.52. The number of anilines is 1. The van der Waals surface area contributed by atoms with Crippen LogP contribution in [0, 0.1) is 0 Å². The zero-order valence-electron chi connectivity index (χ0n) is 12.7. The molecular weight excluding hydrogens is 268 g/mol. The molecule has 2 heterocycles. The monoisotopic (exact) mass is 292 g/mol. The van der Waals surface area contributed by atoms with Crippen LogP contribution in [0.2, 0.25) is 0 Å². The molecule has 0 bridgehead atoms. The Morgan fingerprint density at radius 3 is 3.10 bits per heavy atom. The van der Waals surface area contributed by atoms with Crippen molar-refractivity contribution < 1.29 is 14.3 Å². The van der Waals surface area contributed by atoms with Crippen LogP contribution >= 0.6 is 0 Å². The van der Waals surface area contributed by atoms with Gasteiger partial charge in [0.2, 0.25) is 0 Å². The van der Waals surface area contributed by atoms with Gasteiger partial charge in [0, 0.05) is 25.8 Å². The Kier molecular flexibility index (Phi) is 6.47. The Morgan fingerprint density at radius 2 is 2.24 bits per heavy atom. The maximum atomic E-state index is 11.4. The smallest absolute Gasteiger partial charge is 0.305 e. The van der Waals surface area contributed by atoms with Crippen LogP contribution in [-0.4, -0.2) is 37.8 Å². The van der Waals surface area contributed by atoms with Crippen LogP contribution in [0.3, 0.4) is 0 Å². The highest BCUT2D eigenvalue weighted by Crippen LogP contribution is 2.20. The van der Waals surface area contributed by atoms with Gasteiger partial charge in [-0.15, -0.1) is 0 Å². The molecule has 1 N–H and O–H groups in total. The predicted octanol–water partition coefficient (Wildman–Crippen LogP) is 2.34. The van der Waals surface area contributed by atoms with E-state index in [0.717, 1.165) is 43.7 Å². The fourth-order valence-corrected chi connectivity index (χ4v) is 2.39. The molecule has 0 radical (unpaired) electrons. The lowest BCUT2D eigenvalue weighted by atomic mass is 10.1. The van der Waals surface area contributed by atoms with Crippen LogP contribution in [0.1, 0.15) is 36.9 Å². The van der Waals surface area contributed by atoms with Gasteiger partial charge in [-0.25, -0.2) is 4.98 Å². The number of pyridine rings is 1. The standard InChI is InChI=1S/C16H24N2O3/c1-20-11-12-21-15(19)7-3-2-6-14-9-8-13-5-4-10-17-16(13)18-14/h8-9H,2-7,10-12H2,1H3,(H,17,18). The molecule has 5 nitrogen and oxygen atoms in total. The summed E-state index contributed by atoms with van der Waals surface area (Å²) >= 11 is 0. The first-order valence-electron chi connectivity index (χ1n) is 7.67. The molecule has 0 atom stereocenters. The Morgan fingerprint density at radius 1 is 1.33 bits per heavy atom. The van der Waals surface area contributed by atoms with E-state index in [1.807, 2.05) is 0 Å². The molecule has 1 aliphatic heterocycles. The summed E-state index contributed by atoms with van der Waals surface area (Å²) in [5.74, 6) is 0.893. The van der Waals surface area contributed by atoms with Gasteiger partial charge in [-0.1, -0.05) is 6.07 Å². The van der Waals surface area contributed by atoms with Gasteiger partial charge < -0.3 is 14.8 Å². The number of fused-ring (bicyclic) bond motifs is 1. The number of aryl methyl sites for hydroxylation is 2. The third kappa shape index (κ3) is 5.34. The van der Waals surface area contributed by atoms with Crippen molar-refractivity contribution in [1.29, 1.82) is 0 Å². The Labute approximate surface area is 126 Å². The number of nitrogens with zero attached hydrogens (tertiary/aromatic N) is 1. The van der Waals surface area contributed by atoms with Crippen LogP contribution in [-0.2, 0) is 27.1 Å². The van der Waals surface area contributed by atoms with Crippen molar-refractivity contribution in [2.24, 2.45) is 0 Å². The number of unbranched alkanes of at least 4 members (excludes halogenated alkanes) is 1. The maximum absolute atomic E-state index is 11.4. The number of esters is 1. The van der Waals surface area contributed by atoms with E-state index in [4.69, 9.17) is 9.47 Å². The molecule has 0 saturated carbocycles. The van der Waals surface area contributed by atoms with Crippen LogP contribution < -0.4 is 5.32 Å². The number of carbonyl (C=O) groups excluding carboxylic acids is 1. The van der Waals surface area contributed by atoms with Gasteiger partial charge >= 0.3 is 5.97 Å². The summed E-state index contributed by atoms with van der Waals surface area (Å²) in [6, 6.07) is 4.27. The highest BCUT2D eigenvalue weighted by Gasteiger charge is 2.10. The number of carbonyl (C=O) groups is 1. The molecular formula is C16H24N2O3. The second kappa shape index (κ2) is 8.62. The van der Waals surface area contributed by atoms with Crippen molar-refractivity contribution in [3.8, 4) is 0 Å². The number of aromatic nitrogens is 1. The number of nitrogens with one attached hydrogen (secondary N) is 1. The van der Waals surface area contributed by atoms with E-state index in [2.05, 4.69) is 22.4 Å². The number of rotatable bonds is 8. The molecule has 1 aromatic rings. The minimum Gasteiger partial charge on any atom is -0.463 e. The molecule has 0 saturated heterocycles. The highest BCUT2D eigenvalue weighted by atomic mass is 16.6. The summed E-state index contributed by atoms with van der Waals surface area (Å²) < 4.78 is 9.85. The van der Waals surface area contributed by atoms with Crippen LogP contribution in [0.15, 0.2) is 12.1 Å². The van der Waals surface area contributed by atoms with Gasteiger partial charge in [-0.2, -0.15) is 0 Å². The summed E-state index contributed by atoms with van der Waals surface area (Å²) in [6.07, 6.45) is 5.44. The summed E-state index contributed by atoms with van der Waals surface area (Å²) in [7, 11) is 1.59. The molecule has 0 fully saturated rings. The van der Waals surface area contributed by atoms with Crippen molar-refractivity contribution in [3.63, 3.8) is 0 Å². The molecule has 0 spiro atoms. The molecule has 116 valence electrons. The summed E-state index contributed by atoms with van der Waals surface area (Å²) in [5, 5.41) is 3.34. The summed E-state index contributed by atoms with van der Waals surface area (Å²) in [5.41, 5.74) is 2.41. The maximum Gasteiger partial charge on any atom is 0.305 e. The molecule has 0 amide bonds. The van der Waals surface area contributed by atoms with Gasteiger partial charge in [-0.3, -0.25) is 4.79 Å². The van der Waals surface area contributed by atoms with Crippen molar-refractivity contribution in [2.45, 2.75) is 38.5 Å². The number of methoxy groups -OCH3 is 1. The fourth-order valence-electron chi connectivity index (χ4n) is 2.39. The molecule has 0 aliphatic carbocycles. The quantitative estimate of drug-likeness (QED) is 0.588.